The van der Waals surface area contributed by atoms with Gasteiger partial charge in [0.15, 0.2) is 11.6 Å². The van der Waals surface area contributed by atoms with Gasteiger partial charge in [0, 0.05) is 0 Å². The second kappa shape index (κ2) is 3.52. The second-order valence-electron chi connectivity index (χ2n) is 3.45. The predicted molar refractivity (Wildman–Crippen MR) is 47.9 cm³/mol. The molecule has 2 atom stereocenters. The van der Waals surface area contributed by atoms with Gasteiger partial charge in [-0.15, -0.1) is 0 Å². The Kier molecular flexibility index (Phi) is 2.35. The smallest absolute Gasteiger partial charge is 0.181 e. The lowest BCUT2D eigenvalue weighted by molar-refractivity contribution is 0.186. The Morgan fingerprint density at radius 1 is 1.21 bits per heavy atom. The first-order valence-corrected chi connectivity index (χ1v) is 4.53. The van der Waals surface area contributed by atoms with Crippen LogP contribution in [0.4, 0.5) is 18.9 Å². The maximum Gasteiger partial charge on any atom is 0.181 e. The van der Waals surface area contributed by atoms with Gasteiger partial charge in [-0.25, -0.2) is 13.2 Å². The monoisotopic (exact) mass is 201 g/mol. The van der Waals surface area contributed by atoms with Crippen molar-refractivity contribution in [3.05, 3.63) is 29.8 Å². The Labute approximate surface area is 79.9 Å². The summed E-state index contributed by atoms with van der Waals surface area (Å²) in [6, 6.07) is 3.47. The summed E-state index contributed by atoms with van der Waals surface area (Å²) < 4.78 is 38.7. The van der Waals surface area contributed by atoms with E-state index in [1.54, 1.807) is 0 Å². The molecule has 1 N–H and O–H groups in total. The minimum absolute atomic E-state index is 0.0392. The number of anilines is 1. The lowest BCUT2D eigenvalue weighted by atomic mass is 9.90. The first-order chi connectivity index (χ1) is 6.68. The molecule has 0 aliphatic heterocycles. The van der Waals surface area contributed by atoms with E-state index in [0.29, 0.717) is 12.8 Å². The summed E-state index contributed by atoms with van der Waals surface area (Å²) in [5.41, 5.74) is 0.0392. The molecule has 0 saturated heterocycles. The van der Waals surface area contributed by atoms with Crippen molar-refractivity contribution in [2.24, 2.45) is 0 Å². The van der Waals surface area contributed by atoms with Gasteiger partial charge in [-0.2, -0.15) is 0 Å². The minimum Gasteiger partial charge on any atom is -0.377 e. The fraction of sp³-hybridized carbons (Fsp3) is 0.400. The highest BCUT2D eigenvalue weighted by Crippen LogP contribution is 2.28. The fourth-order valence-corrected chi connectivity index (χ4v) is 1.44. The highest BCUT2D eigenvalue weighted by molar-refractivity contribution is 5.46. The molecule has 4 heteroatoms. The number of nitrogens with one attached hydrogen (secondary N) is 1. The Bertz CT molecular complexity index is 340. The lowest BCUT2D eigenvalue weighted by Gasteiger charge is -2.32. The highest BCUT2D eigenvalue weighted by Gasteiger charge is 2.31. The third-order valence-electron chi connectivity index (χ3n) is 2.48. The molecule has 0 bridgehead atoms. The molecule has 0 aromatic heterocycles. The summed E-state index contributed by atoms with van der Waals surface area (Å²) in [5.74, 6) is -1.85. The molecule has 1 aliphatic rings. The van der Waals surface area contributed by atoms with Crippen LogP contribution in [-0.2, 0) is 0 Å². The average Bonchev–Trinajstić information content (AvgIpc) is 2.18. The standard InChI is InChI=1S/C10H10F3N/c11-6-4-5-8(6)14-9-3-1-2-7(12)10(9)13/h1-3,6,8,14H,4-5H2. The van der Waals surface area contributed by atoms with Crippen LogP contribution in [-0.4, -0.2) is 12.2 Å². The van der Waals surface area contributed by atoms with Crippen molar-refractivity contribution in [1.29, 1.82) is 0 Å². The zero-order chi connectivity index (χ0) is 10.1. The van der Waals surface area contributed by atoms with E-state index in [-0.39, 0.29) is 11.7 Å². The molecule has 2 rings (SSSR count). The number of halogens is 3. The molecule has 0 radical (unpaired) electrons. The summed E-state index contributed by atoms with van der Waals surface area (Å²) in [7, 11) is 0. The van der Waals surface area contributed by atoms with Gasteiger partial charge in [-0.1, -0.05) is 6.07 Å². The fourth-order valence-electron chi connectivity index (χ4n) is 1.44. The van der Waals surface area contributed by atoms with Crippen molar-refractivity contribution < 1.29 is 13.2 Å². The van der Waals surface area contributed by atoms with Gasteiger partial charge in [0.2, 0.25) is 0 Å². The van der Waals surface area contributed by atoms with Crippen molar-refractivity contribution in [1.82, 2.24) is 0 Å². The Morgan fingerprint density at radius 2 is 2.00 bits per heavy atom. The van der Waals surface area contributed by atoms with Crippen LogP contribution < -0.4 is 5.32 Å². The molecule has 1 aromatic rings. The Balaban J connectivity index is 2.12. The maximum atomic E-state index is 13.1. The number of benzene rings is 1. The van der Waals surface area contributed by atoms with Gasteiger partial charge in [0.05, 0.1) is 11.7 Å². The largest absolute Gasteiger partial charge is 0.377 e. The first kappa shape index (κ1) is 9.37. The van der Waals surface area contributed by atoms with Crippen LogP contribution in [0.15, 0.2) is 18.2 Å². The summed E-state index contributed by atoms with van der Waals surface area (Å²) in [4.78, 5) is 0. The third kappa shape index (κ3) is 1.56. The average molecular weight is 201 g/mol. The van der Waals surface area contributed by atoms with Crippen LogP contribution in [0.1, 0.15) is 12.8 Å². The molecule has 0 amide bonds. The Morgan fingerprint density at radius 3 is 2.57 bits per heavy atom. The van der Waals surface area contributed by atoms with Crippen LogP contribution in [0.5, 0.6) is 0 Å². The number of alkyl halides is 1. The molecular weight excluding hydrogens is 191 g/mol. The molecule has 14 heavy (non-hydrogen) atoms. The molecular formula is C10H10F3N. The van der Waals surface area contributed by atoms with Crippen molar-refractivity contribution in [3.8, 4) is 0 Å². The van der Waals surface area contributed by atoms with E-state index in [1.807, 2.05) is 0 Å². The maximum absolute atomic E-state index is 13.1. The van der Waals surface area contributed by atoms with Crippen LogP contribution in [0.2, 0.25) is 0 Å². The van der Waals surface area contributed by atoms with Crippen molar-refractivity contribution in [3.63, 3.8) is 0 Å². The van der Waals surface area contributed by atoms with E-state index in [4.69, 9.17) is 0 Å². The summed E-state index contributed by atoms with van der Waals surface area (Å²) in [6.45, 7) is 0. The van der Waals surface area contributed by atoms with Crippen molar-refractivity contribution in [2.45, 2.75) is 25.1 Å². The summed E-state index contributed by atoms with van der Waals surface area (Å²) in [5, 5.41) is 2.65. The van der Waals surface area contributed by atoms with Gasteiger partial charge in [-0.3, -0.25) is 0 Å². The number of rotatable bonds is 2. The number of hydrogen-bond donors (Lipinski definition) is 1. The second-order valence-corrected chi connectivity index (χ2v) is 3.45. The van der Waals surface area contributed by atoms with Gasteiger partial charge in [0.25, 0.3) is 0 Å². The van der Waals surface area contributed by atoms with Gasteiger partial charge >= 0.3 is 0 Å². The van der Waals surface area contributed by atoms with E-state index < -0.39 is 17.8 Å². The number of hydrogen-bond acceptors (Lipinski definition) is 1. The molecule has 1 nitrogen and oxygen atoms in total. The van der Waals surface area contributed by atoms with E-state index in [1.165, 1.54) is 12.1 Å². The molecule has 1 aliphatic carbocycles. The van der Waals surface area contributed by atoms with Gasteiger partial charge < -0.3 is 5.32 Å². The summed E-state index contributed by atoms with van der Waals surface area (Å²) in [6.07, 6.45) is 0.212. The topological polar surface area (TPSA) is 12.0 Å². The van der Waals surface area contributed by atoms with Gasteiger partial charge in [-0.05, 0) is 25.0 Å². The SMILES string of the molecule is Fc1cccc(NC2CCC2F)c1F. The van der Waals surface area contributed by atoms with E-state index in [2.05, 4.69) is 5.32 Å². The van der Waals surface area contributed by atoms with Crippen LogP contribution in [0.3, 0.4) is 0 Å². The first-order valence-electron chi connectivity index (χ1n) is 4.53. The van der Waals surface area contributed by atoms with Crippen LogP contribution in [0, 0.1) is 11.6 Å². The third-order valence-corrected chi connectivity index (χ3v) is 2.48. The molecule has 76 valence electrons. The van der Waals surface area contributed by atoms with Crippen LogP contribution >= 0.6 is 0 Å². The molecule has 0 spiro atoms. The molecule has 1 saturated carbocycles. The van der Waals surface area contributed by atoms with Crippen LogP contribution in [0.25, 0.3) is 0 Å². The van der Waals surface area contributed by atoms with Crippen molar-refractivity contribution in [2.75, 3.05) is 5.32 Å². The molecule has 1 aromatic carbocycles. The lowest BCUT2D eigenvalue weighted by Crippen LogP contribution is -2.40. The van der Waals surface area contributed by atoms with E-state index in [9.17, 15) is 13.2 Å². The zero-order valence-electron chi connectivity index (χ0n) is 7.43. The highest BCUT2D eigenvalue weighted by atomic mass is 19.2. The van der Waals surface area contributed by atoms with E-state index >= 15 is 0 Å². The minimum atomic E-state index is -0.947. The summed E-state index contributed by atoms with van der Waals surface area (Å²) >= 11 is 0. The normalized spacial score (nSPS) is 25.6. The van der Waals surface area contributed by atoms with Gasteiger partial charge in [0.1, 0.15) is 6.17 Å². The molecule has 1 fully saturated rings. The molecule has 2 unspecified atom stereocenters. The predicted octanol–water partition coefficient (Wildman–Crippen LogP) is 2.88. The van der Waals surface area contributed by atoms with Crippen molar-refractivity contribution >= 4 is 5.69 Å². The molecule has 0 heterocycles. The zero-order valence-corrected chi connectivity index (χ0v) is 7.43. The van der Waals surface area contributed by atoms with E-state index in [0.717, 1.165) is 6.07 Å². The Hall–Kier alpha value is -1.19. The quantitative estimate of drug-likeness (QED) is 0.775.